The summed E-state index contributed by atoms with van der Waals surface area (Å²) >= 11 is 0. The number of benzene rings is 2. The molecule has 1 saturated carbocycles. The Balaban J connectivity index is 1.74. The highest BCUT2D eigenvalue weighted by Crippen LogP contribution is 2.18. The lowest BCUT2D eigenvalue weighted by atomic mass is 10.0. The first-order valence-electron chi connectivity index (χ1n) is 9.07. The van der Waals surface area contributed by atoms with Gasteiger partial charge in [-0.15, -0.1) is 0 Å². The maximum atomic E-state index is 13.0. The number of hydrogen-bond donors (Lipinski definition) is 3. The fourth-order valence-electron chi connectivity index (χ4n) is 3.02. The summed E-state index contributed by atoms with van der Waals surface area (Å²) in [6.45, 7) is 2.27. The molecule has 0 radical (unpaired) electrons. The Morgan fingerprint density at radius 1 is 1.08 bits per heavy atom. The van der Waals surface area contributed by atoms with Crippen LogP contribution in [-0.2, 0) is 9.59 Å². The quantitative estimate of drug-likeness (QED) is 0.707. The van der Waals surface area contributed by atoms with Crippen molar-refractivity contribution in [3.8, 4) is 0 Å². The molecule has 1 unspecified atom stereocenters. The molecule has 3 N–H and O–H groups in total. The molecule has 5 nitrogen and oxygen atoms in total. The number of nitrogens with one attached hydrogen (secondary N) is 3. The van der Waals surface area contributed by atoms with Crippen LogP contribution in [0.3, 0.4) is 0 Å². The van der Waals surface area contributed by atoms with Gasteiger partial charge < -0.3 is 15.5 Å². The Morgan fingerprint density at radius 2 is 1.73 bits per heavy atom. The van der Waals surface area contributed by atoms with Crippen LogP contribution in [0.1, 0.15) is 30.0 Å². The number of rotatable bonds is 7. The molecule has 1 aliphatic carbocycles. The molecule has 2 atom stereocenters. The SMILES string of the molecule is Cc1ccc(NC(=O)[C@@H](c2ccccc2)[NH+](C)CC(=O)NC2CC2)cc1. The second-order valence-corrected chi connectivity index (χ2v) is 7.06. The molecule has 3 rings (SSSR count). The first-order valence-corrected chi connectivity index (χ1v) is 9.07. The number of hydrogen-bond acceptors (Lipinski definition) is 2. The smallest absolute Gasteiger partial charge is 0.287 e. The standard InChI is InChI=1S/C21H25N3O2/c1-15-8-10-18(11-9-15)23-21(26)20(16-6-4-3-5-7-16)24(2)14-19(25)22-17-12-13-17/h3-11,17,20H,12-14H2,1-2H3,(H,22,25)(H,23,26)/p+1/t20-/m1/s1. The van der Waals surface area contributed by atoms with Crippen molar-refractivity contribution in [3.63, 3.8) is 0 Å². The van der Waals surface area contributed by atoms with Gasteiger partial charge in [-0.2, -0.15) is 0 Å². The van der Waals surface area contributed by atoms with Gasteiger partial charge in [0, 0.05) is 17.3 Å². The summed E-state index contributed by atoms with van der Waals surface area (Å²) in [5.74, 6) is -0.120. The van der Waals surface area contributed by atoms with Crippen LogP contribution in [0.15, 0.2) is 54.6 Å². The maximum Gasteiger partial charge on any atom is 0.287 e. The Morgan fingerprint density at radius 3 is 2.35 bits per heavy atom. The van der Waals surface area contributed by atoms with E-state index in [2.05, 4.69) is 10.6 Å². The number of likely N-dealkylation sites (N-methyl/N-ethyl adjacent to an activating group) is 1. The highest BCUT2D eigenvalue weighted by atomic mass is 16.2. The van der Waals surface area contributed by atoms with Crippen LogP contribution < -0.4 is 15.5 Å². The van der Waals surface area contributed by atoms with E-state index in [-0.39, 0.29) is 18.4 Å². The highest BCUT2D eigenvalue weighted by molar-refractivity contribution is 5.94. The van der Waals surface area contributed by atoms with E-state index in [1.54, 1.807) is 0 Å². The summed E-state index contributed by atoms with van der Waals surface area (Å²) in [5.41, 5.74) is 2.80. The van der Waals surface area contributed by atoms with Gasteiger partial charge in [-0.3, -0.25) is 9.59 Å². The Hall–Kier alpha value is -2.66. The van der Waals surface area contributed by atoms with E-state index in [0.29, 0.717) is 6.04 Å². The van der Waals surface area contributed by atoms with Crippen LogP contribution in [0.5, 0.6) is 0 Å². The van der Waals surface area contributed by atoms with Crippen molar-refractivity contribution in [2.24, 2.45) is 0 Å². The van der Waals surface area contributed by atoms with Crippen LogP contribution in [0, 0.1) is 6.92 Å². The van der Waals surface area contributed by atoms with Crippen molar-refractivity contribution >= 4 is 17.5 Å². The number of amides is 2. The second kappa shape index (κ2) is 8.15. The molecule has 2 amide bonds. The summed E-state index contributed by atoms with van der Waals surface area (Å²) in [4.78, 5) is 26.0. The predicted octanol–water partition coefficient (Wildman–Crippen LogP) is 1.47. The fourth-order valence-corrected chi connectivity index (χ4v) is 3.02. The third kappa shape index (κ3) is 4.92. The van der Waals surface area contributed by atoms with Crippen LogP contribution >= 0.6 is 0 Å². The zero-order valence-corrected chi connectivity index (χ0v) is 15.3. The van der Waals surface area contributed by atoms with Crippen molar-refractivity contribution in [2.45, 2.75) is 31.8 Å². The Kier molecular flexibility index (Phi) is 5.68. The van der Waals surface area contributed by atoms with E-state index in [4.69, 9.17) is 0 Å². The first-order chi connectivity index (χ1) is 12.5. The molecule has 1 fully saturated rings. The Bertz CT molecular complexity index is 755. The molecule has 26 heavy (non-hydrogen) atoms. The van der Waals surface area contributed by atoms with Crippen molar-refractivity contribution < 1.29 is 14.5 Å². The van der Waals surface area contributed by atoms with Gasteiger partial charge in [0.1, 0.15) is 0 Å². The van der Waals surface area contributed by atoms with Gasteiger partial charge >= 0.3 is 0 Å². The molecule has 0 heterocycles. The zero-order valence-electron chi connectivity index (χ0n) is 15.3. The van der Waals surface area contributed by atoms with Crippen molar-refractivity contribution in [1.82, 2.24) is 5.32 Å². The number of anilines is 1. The lowest BCUT2D eigenvalue weighted by molar-refractivity contribution is -0.894. The molecule has 0 bridgehead atoms. The van der Waals surface area contributed by atoms with Gasteiger partial charge in [0.25, 0.3) is 11.8 Å². The third-order valence-corrected chi connectivity index (χ3v) is 4.59. The number of aryl methyl sites for hydroxylation is 1. The van der Waals surface area contributed by atoms with Gasteiger partial charge in [-0.25, -0.2) is 0 Å². The number of carbonyl (C=O) groups is 2. The topological polar surface area (TPSA) is 62.6 Å². The third-order valence-electron chi connectivity index (χ3n) is 4.59. The van der Waals surface area contributed by atoms with Gasteiger partial charge in [0.15, 0.2) is 12.6 Å². The van der Waals surface area contributed by atoms with Crippen molar-refractivity contribution in [3.05, 3.63) is 65.7 Å². The molecule has 0 aromatic heterocycles. The van der Waals surface area contributed by atoms with Crippen LogP contribution in [0.25, 0.3) is 0 Å². The van der Waals surface area contributed by atoms with Gasteiger partial charge in [-0.05, 0) is 31.9 Å². The lowest BCUT2D eigenvalue weighted by Gasteiger charge is -2.24. The van der Waals surface area contributed by atoms with E-state index in [0.717, 1.165) is 34.6 Å². The monoisotopic (exact) mass is 352 g/mol. The van der Waals surface area contributed by atoms with Crippen LogP contribution in [0.2, 0.25) is 0 Å². The lowest BCUT2D eigenvalue weighted by Crippen LogP contribution is -3.11. The van der Waals surface area contributed by atoms with E-state index >= 15 is 0 Å². The normalized spacial score (nSPS) is 15.8. The second-order valence-electron chi connectivity index (χ2n) is 7.06. The summed E-state index contributed by atoms with van der Waals surface area (Å²) in [5, 5.41) is 5.98. The summed E-state index contributed by atoms with van der Waals surface area (Å²) in [7, 11) is 1.89. The van der Waals surface area contributed by atoms with Crippen molar-refractivity contribution in [1.29, 1.82) is 0 Å². The van der Waals surface area contributed by atoms with Crippen LogP contribution in [0.4, 0.5) is 5.69 Å². The minimum atomic E-state index is -0.456. The molecule has 2 aromatic rings. The predicted molar refractivity (Wildman–Crippen MR) is 102 cm³/mol. The summed E-state index contributed by atoms with van der Waals surface area (Å²) < 4.78 is 0. The van der Waals surface area contributed by atoms with Gasteiger partial charge in [0.05, 0.1) is 7.05 Å². The van der Waals surface area contributed by atoms with Gasteiger partial charge in [0.2, 0.25) is 0 Å². The molecular formula is C21H26N3O2+. The van der Waals surface area contributed by atoms with Crippen LogP contribution in [-0.4, -0.2) is 31.4 Å². The van der Waals surface area contributed by atoms with E-state index in [1.165, 1.54) is 0 Å². The molecule has 2 aromatic carbocycles. The largest absolute Gasteiger partial charge is 0.348 e. The zero-order chi connectivity index (χ0) is 18.5. The number of carbonyl (C=O) groups excluding carboxylic acids is 2. The van der Waals surface area contributed by atoms with Gasteiger partial charge in [-0.1, -0.05) is 48.0 Å². The summed E-state index contributed by atoms with van der Waals surface area (Å²) in [6.07, 6.45) is 2.11. The Labute approximate surface area is 154 Å². The number of quaternary nitrogens is 1. The average Bonchev–Trinajstić information content (AvgIpc) is 3.42. The molecule has 0 saturated heterocycles. The molecule has 1 aliphatic rings. The molecule has 136 valence electrons. The molecular weight excluding hydrogens is 326 g/mol. The van der Waals surface area contributed by atoms with Crippen molar-refractivity contribution in [2.75, 3.05) is 18.9 Å². The first kappa shape index (κ1) is 18.1. The minimum Gasteiger partial charge on any atom is -0.348 e. The maximum absolute atomic E-state index is 13.0. The molecule has 0 spiro atoms. The minimum absolute atomic E-state index is 0.00549. The summed E-state index contributed by atoms with van der Waals surface area (Å²) in [6, 6.07) is 17.2. The van der Waals surface area contributed by atoms with E-state index < -0.39 is 6.04 Å². The molecule has 0 aliphatic heterocycles. The highest BCUT2D eigenvalue weighted by Gasteiger charge is 2.32. The fraction of sp³-hybridized carbons (Fsp3) is 0.333. The van der Waals surface area contributed by atoms with E-state index in [1.807, 2.05) is 68.6 Å². The average molecular weight is 352 g/mol. The molecule has 5 heteroatoms. The van der Waals surface area contributed by atoms with E-state index in [9.17, 15) is 9.59 Å².